The first-order chi connectivity index (χ1) is 40.8. The van der Waals surface area contributed by atoms with Crippen LogP contribution in [-0.2, 0) is 9.84 Å². The van der Waals surface area contributed by atoms with Gasteiger partial charge in [-0.15, -0.1) is 0 Å². The molecule has 18 nitrogen and oxygen atoms in total. The number of hydrogen-bond donors (Lipinski definition) is 16. The molecule has 18 fully saturated rings. The Morgan fingerprint density at radius 3 is 0.494 bits per heavy atom. The minimum Gasteiger partial charge on any atom is -0.286 e. The van der Waals surface area contributed by atoms with Gasteiger partial charge < -0.3 is 0 Å². The molecule has 34 atom stereocenters. The van der Waals surface area contributed by atoms with E-state index >= 15 is 8.42 Å². The van der Waals surface area contributed by atoms with Gasteiger partial charge in [-0.1, -0.05) is 89.9 Å². The second-order valence-electron chi connectivity index (χ2n) is 32.0. The van der Waals surface area contributed by atoms with E-state index in [9.17, 15) is 0 Å². The molecule has 10 heterocycles. The van der Waals surface area contributed by atoms with E-state index in [4.69, 9.17) is 0 Å². The highest BCUT2D eigenvalue weighted by Crippen LogP contribution is 2.52. The Morgan fingerprint density at radius 2 is 0.313 bits per heavy atom. The van der Waals surface area contributed by atoms with Crippen molar-refractivity contribution in [3.63, 3.8) is 0 Å². The van der Waals surface area contributed by atoms with Crippen LogP contribution in [0.25, 0.3) is 0 Å². The van der Waals surface area contributed by atoms with Crippen LogP contribution in [0.3, 0.4) is 0 Å². The van der Waals surface area contributed by atoms with Gasteiger partial charge in [0.05, 0.1) is 109 Å². The first-order valence-corrected chi connectivity index (χ1v) is 37.9. The second kappa shape index (κ2) is 22.3. The minimum atomic E-state index is -3.64. The summed E-state index contributed by atoms with van der Waals surface area (Å²) >= 11 is 0. The van der Waals surface area contributed by atoms with Crippen LogP contribution in [0, 0.1) is 94.7 Å². The van der Waals surface area contributed by atoms with E-state index in [2.05, 4.69) is 85.1 Å². The smallest absolute Gasteiger partial charge is 0.156 e. The maximum Gasteiger partial charge on any atom is 0.156 e. The van der Waals surface area contributed by atoms with Gasteiger partial charge in [-0.3, -0.25) is 85.1 Å². The van der Waals surface area contributed by atoms with Crippen LogP contribution < -0.4 is 85.1 Å². The Morgan fingerprint density at radius 1 is 0.169 bits per heavy atom. The SMILES string of the molecule is O=S(=O)(C1CCCC2C3NC4NC(NC5NC(NC6NC(NC(N3)C21)C1CCCCC61)C1CCCCC51)C1CCCCC41)C1CCCC2C3NC4NC(NC5NC(NC6NC(NC(N3)C21)C1CCCCC61)C1CCCCC51)C1CCCCC41. The first kappa shape index (κ1) is 55.2. The number of nitrogens with one attached hydrogen (secondary N) is 16. The zero-order chi connectivity index (χ0) is 54.7. The van der Waals surface area contributed by atoms with Crippen LogP contribution in [0.2, 0.25) is 0 Å². The number of fused-ring (bicyclic) bond motifs is 40. The van der Waals surface area contributed by atoms with Crippen molar-refractivity contribution in [1.29, 1.82) is 0 Å². The van der Waals surface area contributed by atoms with Crippen LogP contribution >= 0.6 is 0 Å². The summed E-state index contributed by atoms with van der Waals surface area (Å²) in [5.74, 6) is 7.42. The molecule has 0 aromatic heterocycles. The van der Waals surface area contributed by atoms with Crippen molar-refractivity contribution >= 4 is 9.84 Å². The lowest BCUT2D eigenvalue weighted by Gasteiger charge is -2.44. The van der Waals surface area contributed by atoms with Crippen molar-refractivity contribution in [3.8, 4) is 0 Å². The predicted octanol–water partition coefficient (Wildman–Crippen LogP) is 3.60. The molecule has 8 aliphatic carbocycles. The molecule has 464 valence electrons. The number of rotatable bonds is 2. The summed E-state index contributed by atoms with van der Waals surface area (Å²) in [6, 6.07) is 0. The molecule has 16 N–H and O–H groups in total. The molecule has 83 heavy (non-hydrogen) atoms. The maximum absolute atomic E-state index is 16.9. The second-order valence-corrected chi connectivity index (χ2v) is 34.4. The summed E-state index contributed by atoms with van der Waals surface area (Å²) < 4.78 is 33.8. The molecular formula is C64H110N16O2S. The van der Waals surface area contributed by atoms with Gasteiger partial charge in [0.1, 0.15) is 0 Å². The van der Waals surface area contributed by atoms with E-state index in [1.54, 1.807) is 0 Å². The molecule has 10 saturated heterocycles. The van der Waals surface area contributed by atoms with E-state index in [1.165, 1.54) is 154 Å². The molecule has 8 saturated carbocycles. The van der Waals surface area contributed by atoms with Crippen molar-refractivity contribution in [2.75, 3.05) is 0 Å². The summed E-state index contributed by atoms with van der Waals surface area (Å²) in [6.45, 7) is 0. The minimum absolute atomic E-state index is 0.0186. The predicted molar refractivity (Wildman–Crippen MR) is 322 cm³/mol. The number of hydrogen-bond acceptors (Lipinski definition) is 18. The highest BCUT2D eigenvalue weighted by atomic mass is 32.2. The summed E-state index contributed by atoms with van der Waals surface area (Å²) in [6.07, 6.45) is 39.3. The van der Waals surface area contributed by atoms with Crippen LogP contribution in [-0.4, -0.2) is 118 Å². The molecular weight excluding hydrogens is 1060 g/mol. The maximum atomic E-state index is 16.9. The summed E-state index contributed by atoms with van der Waals surface area (Å²) in [5.41, 5.74) is 0. The average Bonchev–Trinajstić information content (AvgIpc) is 3.27. The van der Waals surface area contributed by atoms with Crippen molar-refractivity contribution < 1.29 is 8.42 Å². The lowest BCUT2D eigenvalue weighted by atomic mass is 9.76. The van der Waals surface area contributed by atoms with Gasteiger partial charge in [-0.05, 0) is 186 Å². The van der Waals surface area contributed by atoms with Crippen molar-refractivity contribution in [2.45, 2.75) is 302 Å². The Balaban J connectivity index is 0.677. The Bertz CT molecular complexity index is 2290. The molecule has 0 aromatic rings. The highest BCUT2D eigenvalue weighted by Gasteiger charge is 2.63. The van der Waals surface area contributed by atoms with Crippen LogP contribution in [0.5, 0.6) is 0 Å². The van der Waals surface area contributed by atoms with Crippen LogP contribution in [0.15, 0.2) is 0 Å². The third-order valence-electron chi connectivity index (χ3n) is 28.5. The van der Waals surface area contributed by atoms with E-state index in [0.717, 1.165) is 38.5 Å². The molecule has 0 amide bonds. The van der Waals surface area contributed by atoms with Gasteiger partial charge in [0, 0.05) is 11.8 Å². The van der Waals surface area contributed by atoms with Gasteiger partial charge in [0.2, 0.25) is 0 Å². The molecule has 16 bridgehead atoms. The Labute approximate surface area is 497 Å². The van der Waals surface area contributed by atoms with Crippen LogP contribution in [0.4, 0.5) is 0 Å². The van der Waals surface area contributed by atoms with Gasteiger partial charge >= 0.3 is 0 Å². The zero-order valence-electron chi connectivity index (χ0n) is 50.1. The Kier molecular flexibility index (Phi) is 14.8. The third kappa shape index (κ3) is 9.40. The monoisotopic (exact) mass is 1170 g/mol. The van der Waals surface area contributed by atoms with Crippen LogP contribution in [0.1, 0.15) is 193 Å². The topological polar surface area (TPSA) is 227 Å². The summed E-state index contributed by atoms with van der Waals surface area (Å²) in [4.78, 5) is 0. The van der Waals surface area contributed by atoms with Crippen molar-refractivity contribution in [2.24, 2.45) is 94.7 Å². The molecule has 10 aliphatic heterocycles. The third-order valence-corrected chi connectivity index (χ3v) is 31.3. The summed E-state index contributed by atoms with van der Waals surface area (Å²) in [5, 5.41) is 68.4. The number of sulfone groups is 1. The van der Waals surface area contributed by atoms with E-state index in [-0.39, 0.29) is 110 Å². The van der Waals surface area contributed by atoms with E-state index < -0.39 is 20.3 Å². The average molecular weight is 1170 g/mol. The first-order valence-electron chi connectivity index (χ1n) is 36.2. The van der Waals surface area contributed by atoms with E-state index in [0.29, 0.717) is 83.3 Å². The standard InChI is InChI=1S/C64H110N16O2S/c81-83(82,45-29-13-27-43-47(45)63-77-59-41-25-11-9-23-39(41)55(73-59)69-51-33-17-3-1-15-31(33)49(65-51)67-53-35-19-5-7-21-37(35)57(71-53)75-61(43)79-63)46-30-14-28-44-48(46)64-78-60-42-26-12-10-24-40(42)56(74-60)70-52-34-18-4-2-16-32(34)50(66-52)68-54-36-20-6-8-22-38(36)58(72-54)76-62(44)80-64/h31-80H,1-30H2. The highest BCUT2D eigenvalue weighted by molar-refractivity contribution is 7.92. The lowest BCUT2D eigenvalue weighted by molar-refractivity contribution is 0.163. The Hall–Kier alpha value is -0.690. The normalized spacial score (nSPS) is 58.2. The largest absolute Gasteiger partial charge is 0.286 e. The molecule has 18 aliphatic rings. The summed E-state index contributed by atoms with van der Waals surface area (Å²) in [7, 11) is -3.64. The van der Waals surface area contributed by atoms with Crippen molar-refractivity contribution in [3.05, 3.63) is 0 Å². The van der Waals surface area contributed by atoms with Gasteiger partial charge in [-0.25, -0.2) is 8.42 Å². The van der Waals surface area contributed by atoms with Gasteiger partial charge in [0.25, 0.3) is 0 Å². The fourth-order valence-electron chi connectivity index (χ4n) is 25.0. The lowest BCUT2D eigenvalue weighted by Crippen LogP contribution is -2.62. The zero-order valence-corrected chi connectivity index (χ0v) is 50.9. The molecule has 34 unspecified atom stereocenters. The van der Waals surface area contributed by atoms with Gasteiger partial charge in [-0.2, -0.15) is 0 Å². The molecule has 18 rings (SSSR count). The fraction of sp³-hybridized carbons (Fsp3) is 1.00. The quantitative estimate of drug-likeness (QED) is 0.190. The van der Waals surface area contributed by atoms with Crippen molar-refractivity contribution in [1.82, 2.24) is 85.1 Å². The molecule has 0 spiro atoms. The molecule has 19 heteroatoms. The molecule has 0 aromatic carbocycles. The van der Waals surface area contributed by atoms with E-state index in [1.807, 2.05) is 0 Å². The molecule has 0 radical (unpaired) electrons. The van der Waals surface area contributed by atoms with Gasteiger partial charge in [0.15, 0.2) is 9.84 Å². The fourth-order valence-corrected chi connectivity index (χ4v) is 28.0.